The van der Waals surface area contributed by atoms with Gasteiger partial charge in [0.05, 0.1) is 13.2 Å². The molecule has 1 fully saturated rings. The van der Waals surface area contributed by atoms with E-state index in [1.807, 2.05) is 4.90 Å². The minimum Gasteiger partial charge on any atom is -0.409 e. The second kappa shape index (κ2) is 5.01. The molecular weight excluding hydrogens is 173 g/mol. The van der Waals surface area contributed by atoms with Crippen LogP contribution in [0.4, 0.5) is 4.39 Å². The Kier molecular flexibility index (Phi) is 3.95. The third-order valence-electron chi connectivity index (χ3n) is 2.34. The molecule has 1 heterocycles. The second-order valence-electron chi connectivity index (χ2n) is 3.49. The van der Waals surface area contributed by atoms with E-state index < -0.39 is 0 Å². The Labute approximate surface area is 77.2 Å². The van der Waals surface area contributed by atoms with Gasteiger partial charge in [-0.2, -0.15) is 0 Å². The molecule has 1 aliphatic heterocycles. The zero-order valence-electron chi connectivity index (χ0n) is 7.62. The first-order valence-corrected chi connectivity index (χ1v) is 4.51. The third-order valence-corrected chi connectivity index (χ3v) is 2.34. The zero-order chi connectivity index (χ0) is 9.68. The van der Waals surface area contributed by atoms with Crippen LogP contribution in [-0.4, -0.2) is 42.3 Å². The van der Waals surface area contributed by atoms with Gasteiger partial charge < -0.3 is 10.9 Å². The maximum absolute atomic E-state index is 12.3. The lowest BCUT2D eigenvalue weighted by Gasteiger charge is -2.30. The quantitative estimate of drug-likeness (QED) is 0.292. The molecule has 0 amide bonds. The number of piperidine rings is 1. The summed E-state index contributed by atoms with van der Waals surface area (Å²) in [5.41, 5.74) is 5.36. The highest BCUT2D eigenvalue weighted by atomic mass is 19.1. The average molecular weight is 189 g/mol. The van der Waals surface area contributed by atoms with Crippen LogP contribution in [0.2, 0.25) is 0 Å². The SMILES string of the molecule is NC(CN1CCC[C@H](CF)C1)=NO. The van der Waals surface area contributed by atoms with E-state index >= 15 is 0 Å². The van der Waals surface area contributed by atoms with Gasteiger partial charge >= 0.3 is 0 Å². The van der Waals surface area contributed by atoms with Gasteiger partial charge in [0.25, 0.3) is 0 Å². The summed E-state index contributed by atoms with van der Waals surface area (Å²) in [5, 5.41) is 11.2. The van der Waals surface area contributed by atoms with E-state index in [4.69, 9.17) is 10.9 Å². The molecule has 1 saturated heterocycles. The molecule has 1 rings (SSSR count). The number of nitrogens with zero attached hydrogens (tertiary/aromatic N) is 2. The van der Waals surface area contributed by atoms with Crippen LogP contribution in [-0.2, 0) is 0 Å². The summed E-state index contributed by atoms with van der Waals surface area (Å²) in [5.74, 6) is 0.319. The van der Waals surface area contributed by atoms with Crippen molar-refractivity contribution < 1.29 is 9.60 Å². The van der Waals surface area contributed by atoms with Crippen LogP contribution >= 0.6 is 0 Å². The van der Waals surface area contributed by atoms with Gasteiger partial charge in [-0.05, 0) is 19.4 Å². The number of rotatable bonds is 3. The molecule has 0 aromatic carbocycles. The van der Waals surface area contributed by atoms with Gasteiger partial charge in [-0.25, -0.2) is 0 Å². The molecule has 0 bridgehead atoms. The Morgan fingerprint density at radius 1 is 1.69 bits per heavy atom. The first-order chi connectivity index (χ1) is 6.26. The molecule has 5 heteroatoms. The van der Waals surface area contributed by atoms with Crippen LogP contribution < -0.4 is 5.73 Å². The third kappa shape index (κ3) is 3.18. The Morgan fingerprint density at radius 3 is 3.08 bits per heavy atom. The normalized spacial score (nSPS) is 26.2. The van der Waals surface area contributed by atoms with Crippen LogP contribution in [0.25, 0.3) is 0 Å². The Bertz CT molecular complexity index is 186. The molecule has 0 saturated carbocycles. The first-order valence-electron chi connectivity index (χ1n) is 4.51. The number of likely N-dealkylation sites (tertiary alicyclic amines) is 1. The highest BCUT2D eigenvalue weighted by molar-refractivity contribution is 5.81. The van der Waals surface area contributed by atoms with Crippen molar-refractivity contribution in [3.8, 4) is 0 Å². The molecule has 4 nitrogen and oxygen atoms in total. The molecule has 0 aromatic rings. The van der Waals surface area contributed by atoms with Crippen LogP contribution in [0.1, 0.15) is 12.8 Å². The Morgan fingerprint density at radius 2 is 2.46 bits per heavy atom. The highest BCUT2D eigenvalue weighted by Crippen LogP contribution is 2.16. The monoisotopic (exact) mass is 189 g/mol. The molecule has 0 radical (unpaired) electrons. The average Bonchev–Trinajstić information content (AvgIpc) is 2.18. The molecule has 0 aliphatic carbocycles. The first kappa shape index (κ1) is 10.2. The largest absolute Gasteiger partial charge is 0.409 e. The number of hydrogen-bond acceptors (Lipinski definition) is 3. The predicted octanol–water partition coefficient (Wildman–Crippen LogP) is 0.414. The van der Waals surface area contributed by atoms with Gasteiger partial charge in [-0.3, -0.25) is 9.29 Å². The molecule has 76 valence electrons. The maximum Gasteiger partial charge on any atom is 0.153 e. The summed E-state index contributed by atoms with van der Waals surface area (Å²) < 4.78 is 12.3. The van der Waals surface area contributed by atoms with E-state index in [0.29, 0.717) is 13.1 Å². The summed E-state index contributed by atoms with van der Waals surface area (Å²) in [4.78, 5) is 2.02. The number of nitrogens with two attached hydrogens (primary N) is 1. The Hall–Kier alpha value is -0.840. The zero-order valence-corrected chi connectivity index (χ0v) is 7.62. The van der Waals surface area contributed by atoms with E-state index in [9.17, 15) is 4.39 Å². The number of alkyl halides is 1. The smallest absolute Gasteiger partial charge is 0.153 e. The lowest BCUT2D eigenvalue weighted by Crippen LogP contribution is -2.41. The van der Waals surface area contributed by atoms with E-state index in [2.05, 4.69) is 5.16 Å². The van der Waals surface area contributed by atoms with E-state index in [0.717, 1.165) is 19.4 Å². The van der Waals surface area contributed by atoms with Crippen LogP contribution in [0, 0.1) is 5.92 Å². The van der Waals surface area contributed by atoms with Gasteiger partial charge in [0, 0.05) is 12.5 Å². The summed E-state index contributed by atoms with van der Waals surface area (Å²) in [7, 11) is 0. The second-order valence-corrected chi connectivity index (χ2v) is 3.49. The van der Waals surface area contributed by atoms with E-state index in [1.165, 1.54) is 0 Å². The molecule has 1 atom stereocenters. The molecule has 1 aliphatic rings. The lowest BCUT2D eigenvalue weighted by atomic mass is 10.00. The summed E-state index contributed by atoms with van der Waals surface area (Å²) in [6.45, 7) is 1.79. The lowest BCUT2D eigenvalue weighted by molar-refractivity contribution is 0.169. The predicted molar refractivity (Wildman–Crippen MR) is 48.5 cm³/mol. The fraction of sp³-hybridized carbons (Fsp3) is 0.875. The Balaban J connectivity index is 2.34. The number of amidine groups is 1. The highest BCUT2D eigenvalue weighted by Gasteiger charge is 2.19. The molecule has 13 heavy (non-hydrogen) atoms. The van der Waals surface area contributed by atoms with Crippen molar-refractivity contribution in [2.45, 2.75) is 12.8 Å². The van der Waals surface area contributed by atoms with Gasteiger partial charge in [0.2, 0.25) is 0 Å². The van der Waals surface area contributed by atoms with Gasteiger partial charge in [-0.1, -0.05) is 5.16 Å². The molecule has 0 unspecified atom stereocenters. The van der Waals surface area contributed by atoms with Crippen LogP contribution in [0.3, 0.4) is 0 Å². The number of oxime groups is 1. The van der Waals surface area contributed by atoms with Crippen molar-refractivity contribution in [1.29, 1.82) is 0 Å². The van der Waals surface area contributed by atoms with Crippen molar-refractivity contribution in [1.82, 2.24) is 4.90 Å². The van der Waals surface area contributed by atoms with Crippen LogP contribution in [0.5, 0.6) is 0 Å². The molecule has 3 N–H and O–H groups in total. The van der Waals surface area contributed by atoms with Crippen LogP contribution in [0.15, 0.2) is 5.16 Å². The standard InChI is InChI=1S/C8H16FN3O/c9-4-7-2-1-3-12(5-7)6-8(10)11-13/h7,13H,1-6H2,(H2,10,11)/t7-/m1/s1. The van der Waals surface area contributed by atoms with Crippen molar-refractivity contribution >= 4 is 5.84 Å². The fourth-order valence-electron chi connectivity index (χ4n) is 1.68. The number of halogens is 1. The number of hydrogen-bond donors (Lipinski definition) is 2. The van der Waals surface area contributed by atoms with Gasteiger partial charge in [0.15, 0.2) is 5.84 Å². The summed E-state index contributed by atoms with van der Waals surface area (Å²) in [6.07, 6.45) is 1.94. The van der Waals surface area contributed by atoms with Gasteiger partial charge in [-0.15, -0.1) is 0 Å². The minimum atomic E-state index is -0.271. The van der Waals surface area contributed by atoms with E-state index in [1.54, 1.807) is 0 Å². The fourth-order valence-corrected chi connectivity index (χ4v) is 1.68. The van der Waals surface area contributed by atoms with Crippen molar-refractivity contribution in [2.24, 2.45) is 16.8 Å². The summed E-state index contributed by atoms with van der Waals surface area (Å²) in [6, 6.07) is 0. The minimum absolute atomic E-state index is 0.125. The van der Waals surface area contributed by atoms with Crippen molar-refractivity contribution in [3.05, 3.63) is 0 Å². The van der Waals surface area contributed by atoms with Crippen molar-refractivity contribution in [3.63, 3.8) is 0 Å². The van der Waals surface area contributed by atoms with Gasteiger partial charge in [0.1, 0.15) is 0 Å². The summed E-state index contributed by atoms with van der Waals surface area (Å²) >= 11 is 0. The molecule has 0 spiro atoms. The van der Waals surface area contributed by atoms with Crippen molar-refractivity contribution in [2.75, 3.05) is 26.3 Å². The molecular formula is C8H16FN3O. The molecule has 0 aromatic heterocycles. The topological polar surface area (TPSA) is 61.8 Å². The van der Waals surface area contributed by atoms with E-state index in [-0.39, 0.29) is 18.4 Å². The maximum atomic E-state index is 12.3.